The number of hydrogen-bond donors (Lipinski definition) is 1. The number of nitro groups is 1. The molecule has 0 spiro atoms. The van der Waals surface area contributed by atoms with Crippen LogP contribution in [0.1, 0.15) is 32.8 Å². The zero-order valence-electron chi connectivity index (χ0n) is 12.9. The molecule has 21 heavy (non-hydrogen) atoms. The molecule has 2 N–H and O–H groups in total. The highest BCUT2D eigenvalue weighted by atomic mass is 35.5. The van der Waals surface area contributed by atoms with Crippen molar-refractivity contribution in [1.82, 2.24) is 4.90 Å². The summed E-state index contributed by atoms with van der Waals surface area (Å²) in [7, 11) is 0. The minimum absolute atomic E-state index is 0.0365. The Bertz CT molecular complexity index is 492. The smallest absolute Gasteiger partial charge is 0.275 e. The van der Waals surface area contributed by atoms with E-state index in [0.717, 1.165) is 19.5 Å². The maximum absolute atomic E-state index is 11.2. The number of rotatable bonds is 8. The zero-order chi connectivity index (χ0) is 16.0. The first kappa shape index (κ1) is 17.9. The maximum atomic E-state index is 11.2. The minimum Gasteiger partial charge on any atom is -0.330 e. The SMILES string of the molecule is CCCN(Cc1c(Cl)cccc1[N+](=O)[O-])CC(C)(C)CN. The Balaban J connectivity index is 3.01. The number of nitrogens with zero attached hydrogens (tertiary/aromatic N) is 2. The van der Waals surface area contributed by atoms with Gasteiger partial charge in [-0.15, -0.1) is 0 Å². The Morgan fingerprint density at radius 2 is 2.10 bits per heavy atom. The predicted octanol–water partition coefficient (Wildman–Crippen LogP) is 3.45. The van der Waals surface area contributed by atoms with Crippen molar-refractivity contribution in [3.05, 3.63) is 38.9 Å². The summed E-state index contributed by atoms with van der Waals surface area (Å²) in [6, 6.07) is 4.81. The lowest BCUT2D eigenvalue weighted by atomic mass is 9.92. The van der Waals surface area contributed by atoms with Gasteiger partial charge < -0.3 is 5.73 Å². The predicted molar refractivity (Wildman–Crippen MR) is 86.5 cm³/mol. The van der Waals surface area contributed by atoms with Gasteiger partial charge in [-0.3, -0.25) is 15.0 Å². The highest BCUT2D eigenvalue weighted by molar-refractivity contribution is 6.31. The fourth-order valence-corrected chi connectivity index (χ4v) is 2.53. The molecule has 0 aromatic heterocycles. The van der Waals surface area contributed by atoms with Crippen LogP contribution in [0, 0.1) is 15.5 Å². The Hall–Kier alpha value is -1.17. The van der Waals surface area contributed by atoms with Gasteiger partial charge in [0, 0.05) is 19.2 Å². The van der Waals surface area contributed by atoms with Crippen LogP contribution in [0.5, 0.6) is 0 Å². The highest BCUT2D eigenvalue weighted by Gasteiger charge is 2.23. The van der Waals surface area contributed by atoms with E-state index in [2.05, 4.69) is 25.7 Å². The van der Waals surface area contributed by atoms with E-state index < -0.39 is 0 Å². The summed E-state index contributed by atoms with van der Waals surface area (Å²) in [5.41, 5.74) is 6.41. The number of hydrogen-bond acceptors (Lipinski definition) is 4. The molecule has 0 aliphatic carbocycles. The molecular formula is C15H24ClN3O2. The molecule has 0 aliphatic rings. The second-order valence-corrected chi connectivity index (χ2v) is 6.48. The molecule has 0 atom stereocenters. The van der Waals surface area contributed by atoms with Gasteiger partial charge in [-0.2, -0.15) is 0 Å². The molecule has 0 bridgehead atoms. The van der Waals surface area contributed by atoms with Crippen molar-refractivity contribution in [2.75, 3.05) is 19.6 Å². The molecule has 0 saturated carbocycles. The Morgan fingerprint density at radius 3 is 2.62 bits per heavy atom. The summed E-state index contributed by atoms with van der Waals surface area (Å²) in [6.07, 6.45) is 0.971. The van der Waals surface area contributed by atoms with E-state index in [1.165, 1.54) is 6.07 Å². The first-order valence-electron chi connectivity index (χ1n) is 7.15. The molecule has 6 heteroatoms. The second kappa shape index (κ2) is 7.73. The molecule has 0 unspecified atom stereocenters. The van der Waals surface area contributed by atoms with Crippen LogP contribution in [0.2, 0.25) is 5.02 Å². The first-order chi connectivity index (χ1) is 9.80. The second-order valence-electron chi connectivity index (χ2n) is 6.07. The van der Waals surface area contributed by atoms with Gasteiger partial charge in [0.15, 0.2) is 0 Å². The van der Waals surface area contributed by atoms with Crippen LogP contribution in [0.15, 0.2) is 18.2 Å². The highest BCUT2D eigenvalue weighted by Crippen LogP contribution is 2.28. The summed E-state index contributed by atoms with van der Waals surface area (Å²) in [4.78, 5) is 13.0. The van der Waals surface area contributed by atoms with Crippen molar-refractivity contribution < 1.29 is 4.92 Å². The van der Waals surface area contributed by atoms with E-state index in [-0.39, 0.29) is 16.0 Å². The van der Waals surface area contributed by atoms with Crippen LogP contribution >= 0.6 is 11.6 Å². The van der Waals surface area contributed by atoms with Crippen LogP contribution in [0.25, 0.3) is 0 Å². The van der Waals surface area contributed by atoms with E-state index in [9.17, 15) is 10.1 Å². The van der Waals surface area contributed by atoms with Crippen molar-refractivity contribution >= 4 is 17.3 Å². The molecule has 1 aromatic carbocycles. The number of nitro benzene ring substituents is 1. The third-order valence-corrected chi connectivity index (χ3v) is 3.77. The molecule has 0 aliphatic heterocycles. The zero-order valence-corrected chi connectivity index (χ0v) is 13.7. The van der Waals surface area contributed by atoms with Gasteiger partial charge in [-0.25, -0.2) is 0 Å². The van der Waals surface area contributed by atoms with Gasteiger partial charge in [0.25, 0.3) is 5.69 Å². The van der Waals surface area contributed by atoms with Crippen molar-refractivity contribution in [3.63, 3.8) is 0 Å². The topological polar surface area (TPSA) is 72.4 Å². The van der Waals surface area contributed by atoms with E-state index >= 15 is 0 Å². The van der Waals surface area contributed by atoms with Crippen LogP contribution in [0.3, 0.4) is 0 Å². The minimum atomic E-state index is -0.376. The van der Waals surface area contributed by atoms with E-state index in [4.69, 9.17) is 17.3 Å². The fourth-order valence-electron chi connectivity index (χ4n) is 2.30. The lowest BCUT2D eigenvalue weighted by Gasteiger charge is -2.31. The van der Waals surface area contributed by atoms with E-state index in [1.807, 2.05) is 0 Å². The molecule has 0 saturated heterocycles. The quantitative estimate of drug-likeness (QED) is 0.589. The van der Waals surface area contributed by atoms with Gasteiger partial charge >= 0.3 is 0 Å². The fraction of sp³-hybridized carbons (Fsp3) is 0.600. The summed E-state index contributed by atoms with van der Waals surface area (Å²) in [5.74, 6) is 0. The van der Waals surface area contributed by atoms with E-state index in [1.54, 1.807) is 12.1 Å². The monoisotopic (exact) mass is 313 g/mol. The summed E-state index contributed by atoms with van der Waals surface area (Å²) in [5, 5.41) is 11.6. The number of nitrogens with two attached hydrogens (primary N) is 1. The maximum Gasteiger partial charge on any atom is 0.275 e. The number of benzene rings is 1. The molecule has 1 rings (SSSR count). The summed E-state index contributed by atoms with van der Waals surface area (Å²) >= 11 is 6.17. The van der Waals surface area contributed by atoms with E-state index in [0.29, 0.717) is 23.7 Å². The largest absolute Gasteiger partial charge is 0.330 e. The van der Waals surface area contributed by atoms with Gasteiger partial charge in [0.1, 0.15) is 0 Å². The van der Waals surface area contributed by atoms with Crippen molar-refractivity contribution in [2.24, 2.45) is 11.1 Å². The molecule has 1 aromatic rings. The standard InChI is InChI=1S/C15H24ClN3O2/c1-4-8-18(11-15(2,3)10-17)9-12-13(16)6-5-7-14(12)19(20)21/h5-7H,4,8-11,17H2,1-3H3. The third-order valence-electron chi connectivity index (χ3n) is 3.42. The summed E-state index contributed by atoms with van der Waals surface area (Å²) < 4.78 is 0. The average molecular weight is 314 g/mol. The van der Waals surface area contributed by atoms with Crippen LogP contribution < -0.4 is 5.73 Å². The van der Waals surface area contributed by atoms with Gasteiger partial charge in [-0.05, 0) is 31.0 Å². The van der Waals surface area contributed by atoms with Crippen LogP contribution in [-0.2, 0) is 6.54 Å². The summed E-state index contributed by atoms with van der Waals surface area (Å²) in [6.45, 7) is 8.94. The first-order valence-corrected chi connectivity index (χ1v) is 7.52. The number of halogens is 1. The Morgan fingerprint density at radius 1 is 1.43 bits per heavy atom. The molecule has 118 valence electrons. The van der Waals surface area contributed by atoms with Gasteiger partial charge in [-0.1, -0.05) is 38.4 Å². The molecule has 0 fully saturated rings. The lowest BCUT2D eigenvalue weighted by molar-refractivity contribution is -0.385. The normalized spacial score (nSPS) is 11.9. The third kappa shape index (κ3) is 5.26. The molecule has 0 heterocycles. The van der Waals surface area contributed by atoms with Crippen molar-refractivity contribution in [2.45, 2.75) is 33.7 Å². The van der Waals surface area contributed by atoms with Crippen molar-refractivity contribution in [3.8, 4) is 0 Å². The molecule has 0 amide bonds. The van der Waals surface area contributed by atoms with Crippen LogP contribution in [-0.4, -0.2) is 29.5 Å². The average Bonchev–Trinajstić information content (AvgIpc) is 2.40. The van der Waals surface area contributed by atoms with Gasteiger partial charge in [0.05, 0.1) is 15.5 Å². The van der Waals surface area contributed by atoms with Crippen molar-refractivity contribution in [1.29, 1.82) is 0 Å². The lowest BCUT2D eigenvalue weighted by Crippen LogP contribution is -2.39. The van der Waals surface area contributed by atoms with Crippen LogP contribution in [0.4, 0.5) is 5.69 Å². The molecule has 0 radical (unpaired) electrons. The Labute approximate surface area is 131 Å². The molecule has 5 nitrogen and oxygen atoms in total. The Kier molecular flexibility index (Phi) is 6.58. The van der Waals surface area contributed by atoms with Gasteiger partial charge in [0.2, 0.25) is 0 Å². The molecular weight excluding hydrogens is 290 g/mol.